The zero-order chi connectivity index (χ0) is 19.6. The molecule has 0 heterocycles. The molecule has 0 radical (unpaired) electrons. The predicted octanol–water partition coefficient (Wildman–Crippen LogP) is 3.85. The number of hydrogen-bond acceptors (Lipinski definition) is 3. The Bertz CT molecular complexity index is 630. The normalized spacial score (nSPS) is 21.9. The van der Waals surface area contributed by atoms with Crippen molar-refractivity contribution in [2.75, 3.05) is 18.8 Å². The molecular formula is C20H33FIN3O2S. The van der Waals surface area contributed by atoms with E-state index in [0.717, 1.165) is 43.9 Å². The third-order valence-electron chi connectivity index (χ3n) is 4.62. The van der Waals surface area contributed by atoms with Gasteiger partial charge in [-0.1, -0.05) is 13.3 Å². The summed E-state index contributed by atoms with van der Waals surface area (Å²) in [6.45, 7) is 7.23. The van der Waals surface area contributed by atoms with Gasteiger partial charge in [-0.15, -0.1) is 24.0 Å². The molecule has 0 aliphatic heterocycles. The molecule has 5 nitrogen and oxygen atoms in total. The lowest BCUT2D eigenvalue weighted by molar-refractivity contribution is 0.230. The summed E-state index contributed by atoms with van der Waals surface area (Å²) in [5.74, 6) is 1.85. The van der Waals surface area contributed by atoms with E-state index in [4.69, 9.17) is 4.74 Å². The van der Waals surface area contributed by atoms with Gasteiger partial charge in [0.2, 0.25) is 0 Å². The third kappa shape index (κ3) is 8.63. The third-order valence-corrected chi connectivity index (χ3v) is 6.37. The average molecular weight is 525 g/mol. The van der Waals surface area contributed by atoms with Crippen LogP contribution in [0.25, 0.3) is 0 Å². The molecule has 8 heteroatoms. The van der Waals surface area contributed by atoms with Crippen molar-refractivity contribution in [3.05, 3.63) is 30.1 Å². The topological polar surface area (TPSA) is 62.7 Å². The van der Waals surface area contributed by atoms with E-state index >= 15 is 0 Å². The lowest BCUT2D eigenvalue weighted by atomic mass is 9.95. The van der Waals surface area contributed by atoms with Crippen molar-refractivity contribution >= 4 is 40.7 Å². The number of benzene rings is 1. The van der Waals surface area contributed by atoms with Gasteiger partial charge in [-0.2, -0.15) is 0 Å². The van der Waals surface area contributed by atoms with Crippen LogP contribution in [0.5, 0.6) is 5.75 Å². The molecule has 0 bridgehead atoms. The van der Waals surface area contributed by atoms with Gasteiger partial charge < -0.3 is 15.4 Å². The number of nitrogens with one attached hydrogen (secondary N) is 2. The molecule has 0 aromatic heterocycles. The summed E-state index contributed by atoms with van der Waals surface area (Å²) in [5, 5.41) is 7.05. The van der Waals surface area contributed by atoms with Gasteiger partial charge in [-0.25, -0.2) is 9.38 Å². The van der Waals surface area contributed by atoms with Gasteiger partial charge in [0.15, 0.2) is 5.96 Å². The van der Waals surface area contributed by atoms with Crippen LogP contribution in [0, 0.1) is 5.82 Å². The molecule has 1 fully saturated rings. The van der Waals surface area contributed by atoms with Gasteiger partial charge >= 0.3 is 0 Å². The fourth-order valence-electron chi connectivity index (χ4n) is 3.27. The molecular weight excluding hydrogens is 492 g/mol. The van der Waals surface area contributed by atoms with Crippen molar-refractivity contribution in [1.82, 2.24) is 10.6 Å². The molecule has 1 aromatic carbocycles. The first-order valence-electron chi connectivity index (χ1n) is 9.86. The monoisotopic (exact) mass is 525 g/mol. The second-order valence-electron chi connectivity index (χ2n) is 6.90. The van der Waals surface area contributed by atoms with Gasteiger partial charge in [0.1, 0.15) is 17.7 Å². The number of ether oxygens (including phenoxy) is 1. The van der Waals surface area contributed by atoms with Gasteiger partial charge in [0, 0.05) is 34.4 Å². The smallest absolute Gasteiger partial charge is 0.191 e. The second kappa shape index (κ2) is 13.3. The number of nitrogens with zero attached hydrogens (tertiary/aromatic N) is 1. The Morgan fingerprint density at radius 3 is 2.68 bits per heavy atom. The average Bonchev–Trinajstić information content (AvgIpc) is 2.67. The maximum absolute atomic E-state index is 13.0. The van der Waals surface area contributed by atoms with Crippen molar-refractivity contribution in [2.45, 2.75) is 63.9 Å². The van der Waals surface area contributed by atoms with Crippen LogP contribution in [-0.4, -0.2) is 46.4 Å². The Hall–Kier alpha value is -0.900. The minimum absolute atomic E-state index is 0. The maximum Gasteiger partial charge on any atom is 0.191 e. The Balaban J connectivity index is 0.00000392. The second-order valence-corrected chi connectivity index (χ2v) is 8.91. The van der Waals surface area contributed by atoms with Gasteiger partial charge in [0.05, 0.1) is 6.54 Å². The highest BCUT2D eigenvalue weighted by molar-refractivity contribution is 14.0. The van der Waals surface area contributed by atoms with E-state index in [1.165, 1.54) is 12.1 Å². The number of rotatable bonds is 8. The maximum atomic E-state index is 13.0. The largest absolute Gasteiger partial charge is 0.489 e. The van der Waals surface area contributed by atoms with Crippen LogP contribution in [0.2, 0.25) is 0 Å². The van der Waals surface area contributed by atoms with Crippen LogP contribution in [0.15, 0.2) is 29.3 Å². The van der Waals surface area contributed by atoms with Crippen molar-refractivity contribution < 1.29 is 13.3 Å². The molecule has 1 aliphatic rings. The highest BCUT2D eigenvalue weighted by atomic mass is 127. The van der Waals surface area contributed by atoms with E-state index < -0.39 is 10.8 Å². The molecule has 0 saturated heterocycles. The van der Waals surface area contributed by atoms with Gasteiger partial charge in [0.25, 0.3) is 0 Å². The summed E-state index contributed by atoms with van der Waals surface area (Å²) in [5.41, 5.74) is 0. The van der Waals surface area contributed by atoms with Crippen LogP contribution in [0.1, 0.15) is 46.5 Å². The molecule has 1 saturated carbocycles. The lowest BCUT2D eigenvalue weighted by Crippen LogP contribution is -2.47. The summed E-state index contributed by atoms with van der Waals surface area (Å²) in [7, 11) is -0.735. The first-order valence-corrected chi connectivity index (χ1v) is 11.2. The molecule has 0 amide bonds. The Kier molecular flexibility index (Phi) is 12.0. The zero-order valence-electron chi connectivity index (χ0n) is 16.9. The molecule has 2 rings (SSSR count). The summed E-state index contributed by atoms with van der Waals surface area (Å²) in [6.07, 6.45) is 4.01. The zero-order valence-corrected chi connectivity index (χ0v) is 20.1. The summed E-state index contributed by atoms with van der Waals surface area (Å²) >= 11 is 0. The molecule has 1 aliphatic carbocycles. The lowest BCUT2D eigenvalue weighted by Gasteiger charge is -2.30. The number of halogens is 2. The van der Waals surface area contributed by atoms with Crippen LogP contribution in [0.4, 0.5) is 4.39 Å². The van der Waals surface area contributed by atoms with Crippen molar-refractivity contribution in [3.63, 3.8) is 0 Å². The quantitative estimate of drug-likeness (QED) is 0.308. The predicted molar refractivity (Wildman–Crippen MR) is 126 cm³/mol. The molecule has 2 N–H and O–H groups in total. The first-order chi connectivity index (χ1) is 13.0. The SMILES string of the molecule is CCNC(=NCC(C)Oc1ccc(F)cc1)NC1CCCC(S(=O)CC)C1.I. The fourth-order valence-corrected chi connectivity index (χ4v) is 4.61. The van der Waals surface area contributed by atoms with E-state index in [2.05, 4.69) is 15.6 Å². The van der Waals surface area contributed by atoms with E-state index in [9.17, 15) is 8.60 Å². The van der Waals surface area contributed by atoms with E-state index in [-0.39, 0.29) is 41.1 Å². The van der Waals surface area contributed by atoms with Crippen LogP contribution in [-0.2, 0) is 10.8 Å². The minimum atomic E-state index is -0.735. The van der Waals surface area contributed by atoms with Gasteiger partial charge in [-0.3, -0.25) is 4.21 Å². The molecule has 28 heavy (non-hydrogen) atoms. The van der Waals surface area contributed by atoms with Crippen molar-refractivity contribution in [1.29, 1.82) is 0 Å². The van der Waals surface area contributed by atoms with Crippen LogP contribution < -0.4 is 15.4 Å². The highest BCUT2D eigenvalue weighted by Crippen LogP contribution is 2.23. The Morgan fingerprint density at radius 1 is 1.32 bits per heavy atom. The molecule has 4 atom stereocenters. The summed E-state index contributed by atoms with van der Waals surface area (Å²) < 4.78 is 30.9. The van der Waals surface area contributed by atoms with E-state index in [1.807, 2.05) is 20.8 Å². The minimum Gasteiger partial charge on any atom is -0.489 e. The number of guanidine groups is 1. The molecule has 0 spiro atoms. The Labute approximate surface area is 187 Å². The number of hydrogen-bond donors (Lipinski definition) is 2. The summed E-state index contributed by atoms with van der Waals surface area (Å²) in [6, 6.07) is 6.31. The Morgan fingerprint density at radius 2 is 2.04 bits per heavy atom. The summed E-state index contributed by atoms with van der Waals surface area (Å²) in [4.78, 5) is 4.63. The van der Waals surface area contributed by atoms with Crippen molar-refractivity contribution in [2.24, 2.45) is 4.99 Å². The van der Waals surface area contributed by atoms with E-state index in [0.29, 0.717) is 18.3 Å². The molecule has 1 aromatic rings. The van der Waals surface area contributed by atoms with Crippen molar-refractivity contribution in [3.8, 4) is 5.75 Å². The van der Waals surface area contributed by atoms with E-state index in [1.54, 1.807) is 12.1 Å². The van der Waals surface area contributed by atoms with Gasteiger partial charge in [-0.05, 0) is 57.4 Å². The standard InChI is InChI=1S/C20H32FN3O2S.HI/c1-4-22-20(24-17-7-6-8-19(13-17)27(25)5-2)23-14-15(3)26-18-11-9-16(21)10-12-18;/h9-12,15,17,19H,4-8,13-14H2,1-3H3,(H2,22,23,24);1H. The number of aliphatic imine (C=N–C) groups is 1. The molecule has 4 unspecified atom stereocenters. The van der Waals surface area contributed by atoms with Crippen LogP contribution in [0.3, 0.4) is 0 Å². The van der Waals surface area contributed by atoms with Crippen LogP contribution >= 0.6 is 24.0 Å². The highest BCUT2D eigenvalue weighted by Gasteiger charge is 2.26. The fraction of sp³-hybridized carbons (Fsp3) is 0.650. The first kappa shape index (κ1) is 25.1. The molecule has 160 valence electrons.